The molecule has 2 rings (SSSR count). The van der Waals surface area contributed by atoms with Gasteiger partial charge in [-0.05, 0) is 61.4 Å². The average Bonchev–Trinajstić information content (AvgIpc) is 2.73. The van der Waals surface area contributed by atoms with Crippen molar-refractivity contribution in [1.29, 1.82) is 0 Å². The van der Waals surface area contributed by atoms with Crippen molar-refractivity contribution in [1.82, 2.24) is 0 Å². The Morgan fingerprint density at radius 3 is 2.31 bits per heavy atom. The molecule has 0 N–H and O–H groups in total. The molecule has 0 heterocycles. The number of esters is 1. The second-order valence-corrected chi connectivity index (χ2v) is 6.89. The highest BCUT2D eigenvalue weighted by molar-refractivity contribution is 5.83. The van der Waals surface area contributed by atoms with Crippen LogP contribution in [0.2, 0.25) is 0 Å². The molecule has 0 aliphatic rings. The number of ether oxygens (including phenoxy) is 2. The largest absolute Gasteiger partial charge is 0.493 e. The lowest BCUT2D eigenvalue weighted by atomic mass is 10.1. The third kappa shape index (κ3) is 8.30. The molecule has 2 aromatic carbocycles. The summed E-state index contributed by atoms with van der Waals surface area (Å²) in [5.74, 6) is 0.844. The minimum Gasteiger partial charge on any atom is -0.493 e. The molecular formula is C24H30N2O3. The molecule has 29 heavy (non-hydrogen) atoms. The topological polar surface area (TPSA) is 60.2 Å². The van der Waals surface area contributed by atoms with Gasteiger partial charge in [0, 0.05) is 6.08 Å². The monoisotopic (exact) mass is 394 g/mol. The Morgan fingerprint density at radius 1 is 0.966 bits per heavy atom. The van der Waals surface area contributed by atoms with E-state index in [0.29, 0.717) is 11.4 Å². The van der Waals surface area contributed by atoms with E-state index in [2.05, 4.69) is 23.7 Å². The number of carbonyl (C=O) groups excluding carboxylic acids is 1. The fourth-order valence-corrected chi connectivity index (χ4v) is 2.78. The molecule has 5 nitrogen and oxygen atoms in total. The molecule has 0 aliphatic heterocycles. The lowest BCUT2D eigenvalue weighted by Crippen LogP contribution is -2.02. The highest BCUT2D eigenvalue weighted by atomic mass is 16.5. The maximum atomic E-state index is 11.2. The number of hydrogen-bond acceptors (Lipinski definition) is 5. The lowest BCUT2D eigenvalue weighted by Gasteiger charge is -2.09. The summed E-state index contributed by atoms with van der Waals surface area (Å²) in [7, 11) is 0. The van der Waals surface area contributed by atoms with Crippen LogP contribution in [-0.4, -0.2) is 12.6 Å². The van der Waals surface area contributed by atoms with Crippen molar-refractivity contribution in [2.45, 2.75) is 52.4 Å². The Bertz CT molecular complexity index is 813. The van der Waals surface area contributed by atoms with E-state index in [1.807, 2.05) is 25.1 Å². The van der Waals surface area contributed by atoms with Crippen LogP contribution >= 0.6 is 0 Å². The molecule has 154 valence electrons. The van der Waals surface area contributed by atoms with Crippen LogP contribution in [0.25, 0.3) is 0 Å². The molecular weight excluding hydrogens is 364 g/mol. The average molecular weight is 395 g/mol. The van der Waals surface area contributed by atoms with Crippen LogP contribution in [0.15, 0.2) is 65.3 Å². The van der Waals surface area contributed by atoms with E-state index in [1.54, 1.807) is 24.3 Å². The second-order valence-electron chi connectivity index (χ2n) is 6.89. The predicted octanol–water partition coefficient (Wildman–Crippen LogP) is 7.24. The first-order valence-corrected chi connectivity index (χ1v) is 10.2. The van der Waals surface area contributed by atoms with Gasteiger partial charge in [0.2, 0.25) is 0 Å². The van der Waals surface area contributed by atoms with Crippen molar-refractivity contribution in [3.05, 3.63) is 60.7 Å². The molecule has 0 atom stereocenters. The van der Waals surface area contributed by atoms with E-state index in [-0.39, 0.29) is 0 Å². The second kappa shape index (κ2) is 12.5. The maximum absolute atomic E-state index is 11.2. The number of benzene rings is 2. The predicted molar refractivity (Wildman–Crippen MR) is 117 cm³/mol. The molecule has 0 radical (unpaired) electrons. The molecule has 0 aromatic heterocycles. The smallest absolute Gasteiger partial charge is 0.335 e. The van der Waals surface area contributed by atoms with Crippen molar-refractivity contribution < 1.29 is 14.3 Å². The van der Waals surface area contributed by atoms with Gasteiger partial charge in [0.05, 0.1) is 18.0 Å². The summed E-state index contributed by atoms with van der Waals surface area (Å²) in [6.45, 7) is 8.36. The van der Waals surface area contributed by atoms with Crippen LogP contribution in [0.3, 0.4) is 0 Å². The van der Waals surface area contributed by atoms with Gasteiger partial charge in [0.15, 0.2) is 0 Å². The van der Waals surface area contributed by atoms with Crippen molar-refractivity contribution in [3.63, 3.8) is 0 Å². The van der Waals surface area contributed by atoms with Gasteiger partial charge < -0.3 is 9.47 Å². The molecule has 0 bridgehead atoms. The first kappa shape index (κ1) is 22.3. The highest BCUT2D eigenvalue weighted by Gasteiger charge is 2.02. The Balaban J connectivity index is 1.83. The fourth-order valence-electron chi connectivity index (χ4n) is 2.78. The van der Waals surface area contributed by atoms with Crippen LogP contribution in [0, 0.1) is 6.92 Å². The number of aryl methyl sites for hydroxylation is 1. The molecule has 0 saturated carbocycles. The summed E-state index contributed by atoms with van der Waals surface area (Å²) >= 11 is 0. The van der Waals surface area contributed by atoms with E-state index in [0.717, 1.165) is 36.1 Å². The third-order valence-electron chi connectivity index (χ3n) is 4.42. The molecule has 0 unspecified atom stereocenters. The van der Waals surface area contributed by atoms with Crippen LogP contribution in [0.4, 0.5) is 11.4 Å². The summed E-state index contributed by atoms with van der Waals surface area (Å²) in [5.41, 5.74) is 2.47. The number of nitrogens with zero attached hydrogens (tertiary/aromatic N) is 2. The van der Waals surface area contributed by atoms with Crippen LogP contribution < -0.4 is 9.47 Å². The van der Waals surface area contributed by atoms with Gasteiger partial charge in [-0.25, -0.2) is 4.79 Å². The Kier molecular flexibility index (Phi) is 9.63. The van der Waals surface area contributed by atoms with Gasteiger partial charge in [-0.15, -0.1) is 0 Å². The van der Waals surface area contributed by atoms with Crippen molar-refractivity contribution >= 4 is 17.3 Å². The number of hydrogen-bond donors (Lipinski definition) is 0. The van der Waals surface area contributed by atoms with Crippen molar-refractivity contribution in [3.8, 4) is 11.5 Å². The van der Waals surface area contributed by atoms with Crippen molar-refractivity contribution in [2.24, 2.45) is 10.2 Å². The van der Waals surface area contributed by atoms with E-state index >= 15 is 0 Å². The van der Waals surface area contributed by atoms with Gasteiger partial charge in [-0.1, -0.05) is 45.6 Å². The molecule has 0 fully saturated rings. The Morgan fingerprint density at radius 2 is 1.62 bits per heavy atom. The third-order valence-corrected chi connectivity index (χ3v) is 4.42. The molecule has 0 amide bonds. The van der Waals surface area contributed by atoms with Crippen LogP contribution in [0.1, 0.15) is 51.0 Å². The van der Waals surface area contributed by atoms with E-state index < -0.39 is 5.97 Å². The minimum atomic E-state index is -0.492. The molecule has 5 heteroatoms. The number of azo groups is 1. The number of unbranched alkanes of at least 4 members (excludes halogenated alkanes) is 5. The summed E-state index contributed by atoms with van der Waals surface area (Å²) in [6, 6.07) is 12.6. The Hall–Kier alpha value is -2.95. The van der Waals surface area contributed by atoms with Gasteiger partial charge >= 0.3 is 5.97 Å². The summed E-state index contributed by atoms with van der Waals surface area (Å²) in [6.07, 6.45) is 8.63. The lowest BCUT2D eigenvalue weighted by molar-refractivity contribution is -0.128. The van der Waals surface area contributed by atoms with Gasteiger partial charge in [-0.3, -0.25) is 0 Å². The van der Waals surface area contributed by atoms with E-state index in [4.69, 9.17) is 9.47 Å². The quantitative estimate of drug-likeness (QED) is 0.125. The molecule has 0 saturated heterocycles. The van der Waals surface area contributed by atoms with Gasteiger partial charge in [-0.2, -0.15) is 10.2 Å². The fraction of sp³-hybridized carbons (Fsp3) is 0.375. The number of rotatable bonds is 12. The number of carbonyl (C=O) groups is 1. The first-order chi connectivity index (χ1) is 14.1. The molecule has 0 aliphatic carbocycles. The minimum absolute atomic E-state index is 0.441. The van der Waals surface area contributed by atoms with Gasteiger partial charge in [0.1, 0.15) is 11.5 Å². The zero-order valence-electron chi connectivity index (χ0n) is 17.4. The summed E-state index contributed by atoms with van der Waals surface area (Å²) < 4.78 is 10.9. The maximum Gasteiger partial charge on any atom is 0.335 e. The van der Waals surface area contributed by atoms with Crippen LogP contribution in [0.5, 0.6) is 11.5 Å². The van der Waals surface area contributed by atoms with Gasteiger partial charge in [0.25, 0.3) is 0 Å². The highest BCUT2D eigenvalue weighted by Crippen LogP contribution is 2.26. The van der Waals surface area contributed by atoms with E-state index in [9.17, 15) is 4.79 Å². The molecule has 0 spiro atoms. The zero-order valence-corrected chi connectivity index (χ0v) is 17.4. The van der Waals surface area contributed by atoms with Crippen molar-refractivity contribution in [2.75, 3.05) is 6.61 Å². The molecule has 2 aromatic rings. The normalized spacial score (nSPS) is 10.8. The summed E-state index contributed by atoms with van der Waals surface area (Å²) in [4.78, 5) is 11.2. The van der Waals surface area contributed by atoms with E-state index in [1.165, 1.54) is 32.1 Å². The SMILES string of the molecule is C=CC(=O)Oc1ccc(N=Nc2ccc(OCCCCCCCC)c(C)c2)cc1. The van der Waals surface area contributed by atoms with Crippen LogP contribution in [-0.2, 0) is 4.79 Å². The Labute approximate surface area is 173 Å². The standard InChI is InChI=1S/C24H30N2O3/c1-4-6-7-8-9-10-17-28-23-16-13-21(18-19(23)3)26-25-20-11-14-22(15-12-20)29-24(27)5-2/h5,11-16,18H,2,4,6-10,17H2,1,3H3. The summed E-state index contributed by atoms with van der Waals surface area (Å²) in [5, 5.41) is 8.49. The zero-order chi connectivity index (χ0) is 20.9. The first-order valence-electron chi connectivity index (χ1n) is 10.2.